The molecule has 1 heterocycles. The highest BCUT2D eigenvalue weighted by Gasteiger charge is 2.50. The molecule has 2 aliphatic rings. The predicted octanol–water partition coefficient (Wildman–Crippen LogP) is 3.98. The minimum absolute atomic E-state index is 0.0220. The zero-order valence-corrected chi connectivity index (χ0v) is 18.1. The molecule has 3 atom stereocenters. The number of nitrogens with zero attached hydrogens (tertiary/aromatic N) is 1. The summed E-state index contributed by atoms with van der Waals surface area (Å²) in [5, 5.41) is 0. The SMILES string of the molecule is CC(=O)c1ccc(S(=O)(=O)[N+]2(Cc3ccccc3)CCC3CC(=O)CCC3C2)cc1. The molecular formula is C24H28NO4S+. The first-order valence-electron chi connectivity index (χ1n) is 10.6. The number of fused-ring (bicyclic) bond motifs is 1. The van der Waals surface area contributed by atoms with Gasteiger partial charge in [0.2, 0.25) is 0 Å². The van der Waals surface area contributed by atoms with Crippen LogP contribution in [-0.4, -0.2) is 37.0 Å². The van der Waals surface area contributed by atoms with E-state index in [1.54, 1.807) is 24.3 Å². The molecule has 1 saturated carbocycles. The van der Waals surface area contributed by atoms with Crippen molar-refractivity contribution < 1.29 is 21.9 Å². The van der Waals surface area contributed by atoms with E-state index < -0.39 is 10.0 Å². The molecule has 30 heavy (non-hydrogen) atoms. The van der Waals surface area contributed by atoms with Crippen LogP contribution in [0.5, 0.6) is 0 Å². The largest absolute Gasteiger partial charge is 0.327 e. The molecule has 4 rings (SSSR count). The van der Waals surface area contributed by atoms with Crippen LogP contribution in [0.3, 0.4) is 0 Å². The van der Waals surface area contributed by atoms with E-state index >= 15 is 0 Å². The lowest BCUT2D eigenvalue weighted by Crippen LogP contribution is -2.59. The zero-order chi connectivity index (χ0) is 21.4. The van der Waals surface area contributed by atoms with Crippen LogP contribution in [0.25, 0.3) is 0 Å². The normalized spacial score (nSPS) is 26.8. The highest BCUT2D eigenvalue weighted by atomic mass is 32.2. The van der Waals surface area contributed by atoms with E-state index in [1.807, 2.05) is 30.3 Å². The first kappa shape index (κ1) is 20.9. The molecule has 0 bridgehead atoms. The fourth-order valence-corrected chi connectivity index (χ4v) is 7.07. The lowest BCUT2D eigenvalue weighted by atomic mass is 9.74. The molecule has 158 valence electrons. The third kappa shape index (κ3) is 3.86. The molecule has 2 fully saturated rings. The average molecular weight is 427 g/mol. The van der Waals surface area contributed by atoms with E-state index in [0.29, 0.717) is 49.7 Å². The van der Waals surface area contributed by atoms with Gasteiger partial charge in [-0.3, -0.25) is 9.59 Å². The number of benzene rings is 2. The quantitative estimate of drug-likeness (QED) is 0.536. The highest BCUT2D eigenvalue weighted by Crippen LogP contribution is 2.42. The Hall–Kier alpha value is -2.31. The Labute approximate surface area is 178 Å². The maximum atomic E-state index is 14.0. The molecule has 0 radical (unpaired) electrons. The van der Waals surface area contributed by atoms with E-state index in [9.17, 15) is 18.0 Å². The maximum absolute atomic E-state index is 14.0. The van der Waals surface area contributed by atoms with Crippen molar-refractivity contribution >= 4 is 21.6 Å². The number of sulfonamides is 1. The Bertz CT molecular complexity index is 1050. The van der Waals surface area contributed by atoms with Crippen LogP contribution in [0.4, 0.5) is 0 Å². The third-order valence-electron chi connectivity index (χ3n) is 6.81. The van der Waals surface area contributed by atoms with Crippen LogP contribution in [-0.2, 0) is 21.4 Å². The molecular weight excluding hydrogens is 398 g/mol. The smallest absolute Gasteiger partial charge is 0.300 e. The predicted molar refractivity (Wildman–Crippen MR) is 114 cm³/mol. The molecule has 2 aromatic carbocycles. The van der Waals surface area contributed by atoms with Gasteiger partial charge in [-0.15, -0.1) is 0 Å². The Morgan fingerprint density at radius 1 is 1.00 bits per heavy atom. The number of quaternary nitrogens is 1. The second-order valence-corrected chi connectivity index (χ2v) is 11.0. The second-order valence-electron chi connectivity index (χ2n) is 8.75. The number of Topliss-reactive ketones (excluding diaryl/α,β-unsaturated/α-hetero) is 2. The summed E-state index contributed by atoms with van der Waals surface area (Å²) in [5.74, 6) is 0.761. The van der Waals surface area contributed by atoms with Gasteiger partial charge in [0.15, 0.2) is 5.78 Å². The number of carbonyl (C=O) groups is 2. The van der Waals surface area contributed by atoms with Gasteiger partial charge in [0, 0.05) is 36.3 Å². The standard InChI is InChI=1S/C24H28NO4S/c1-18(26)20-8-11-24(12-9-20)30(28,29)25(16-19-5-3-2-4-6-19)14-13-21-15-23(27)10-7-22(21)17-25/h2-6,8-9,11-12,21-22H,7,10,13-17H2,1H3/q+1. The van der Waals surface area contributed by atoms with Gasteiger partial charge in [0.05, 0.1) is 13.1 Å². The molecule has 0 aromatic heterocycles. The van der Waals surface area contributed by atoms with E-state index in [4.69, 9.17) is 0 Å². The molecule has 1 aliphatic carbocycles. The third-order valence-corrected chi connectivity index (χ3v) is 9.16. The lowest BCUT2D eigenvalue weighted by molar-refractivity contribution is -0.832. The van der Waals surface area contributed by atoms with Gasteiger partial charge < -0.3 is 0 Å². The Kier molecular flexibility index (Phi) is 5.64. The van der Waals surface area contributed by atoms with Gasteiger partial charge in [0.1, 0.15) is 17.2 Å². The van der Waals surface area contributed by atoms with Gasteiger partial charge in [0.25, 0.3) is 0 Å². The van der Waals surface area contributed by atoms with Gasteiger partial charge in [-0.1, -0.05) is 30.3 Å². The van der Waals surface area contributed by atoms with Crippen molar-refractivity contribution in [1.29, 1.82) is 0 Å². The molecule has 1 aliphatic heterocycles. The molecule has 5 nitrogen and oxygen atoms in total. The van der Waals surface area contributed by atoms with Gasteiger partial charge >= 0.3 is 10.0 Å². The monoisotopic (exact) mass is 426 g/mol. The molecule has 2 aromatic rings. The average Bonchev–Trinajstić information content (AvgIpc) is 2.74. The fourth-order valence-electron chi connectivity index (χ4n) is 5.09. The topological polar surface area (TPSA) is 68.3 Å². The fraction of sp³-hybridized carbons (Fsp3) is 0.417. The number of ketones is 2. The van der Waals surface area contributed by atoms with E-state index in [0.717, 1.165) is 18.4 Å². The number of carbonyl (C=O) groups excluding carboxylic acids is 2. The molecule has 0 spiro atoms. The summed E-state index contributed by atoms with van der Waals surface area (Å²) in [7, 11) is -3.69. The molecule has 6 heteroatoms. The molecule has 0 amide bonds. The Morgan fingerprint density at radius 3 is 2.37 bits per heavy atom. The summed E-state index contributed by atoms with van der Waals surface area (Å²) in [6.07, 6.45) is 2.66. The number of rotatable bonds is 5. The summed E-state index contributed by atoms with van der Waals surface area (Å²) < 4.78 is 27.9. The number of hydrogen-bond donors (Lipinski definition) is 0. The van der Waals surface area contributed by atoms with Crippen LogP contribution in [0.15, 0.2) is 59.5 Å². The van der Waals surface area contributed by atoms with Gasteiger partial charge in [-0.25, -0.2) is 3.89 Å². The van der Waals surface area contributed by atoms with Crippen molar-refractivity contribution in [2.75, 3.05) is 13.1 Å². The highest BCUT2D eigenvalue weighted by molar-refractivity contribution is 7.86. The van der Waals surface area contributed by atoms with Crippen LogP contribution in [0, 0.1) is 11.8 Å². The van der Waals surface area contributed by atoms with Crippen molar-refractivity contribution in [3.05, 3.63) is 65.7 Å². The van der Waals surface area contributed by atoms with Crippen LogP contribution >= 0.6 is 0 Å². The first-order valence-corrected chi connectivity index (χ1v) is 12.0. The van der Waals surface area contributed by atoms with Crippen LogP contribution in [0.2, 0.25) is 0 Å². The molecule has 3 unspecified atom stereocenters. The Balaban J connectivity index is 1.73. The van der Waals surface area contributed by atoms with Gasteiger partial charge in [-0.2, -0.15) is 8.42 Å². The summed E-state index contributed by atoms with van der Waals surface area (Å²) >= 11 is 0. The van der Waals surface area contributed by atoms with E-state index in [1.165, 1.54) is 6.92 Å². The summed E-state index contributed by atoms with van der Waals surface area (Å²) in [5.41, 5.74) is 1.50. The minimum Gasteiger partial charge on any atom is -0.300 e. The van der Waals surface area contributed by atoms with E-state index in [2.05, 4.69) is 0 Å². The summed E-state index contributed by atoms with van der Waals surface area (Å²) in [6, 6.07) is 16.1. The van der Waals surface area contributed by atoms with E-state index in [-0.39, 0.29) is 20.5 Å². The minimum atomic E-state index is -3.69. The van der Waals surface area contributed by atoms with Crippen molar-refractivity contribution in [2.45, 2.75) is 44.0 Å². The lowest BCUT2D eigenvalue weighted by Gasteiger charge is -2.47. The number of hydrogen-bond acceptors (Lipinski definition) is 4. The first-order chi connectivity index (χ1) is 14.3. The number of piperidine rings is 1. The zero-order valence-electron chi connectivity index (χ0n) is 17.3. The van der Waals surface area contributed by atoms with Crippen molar-refractivity contribution in [1.82, 2.24) is 0 Å². The summed E-state index contributed by atoms with van der Waals surface area (Å²) in [4.78, 5) is 23.8. The van der Waals surface area contributed by atoms with Crippen molar-refractivity contribution in [3.63, 3.8) is 0 Å². The summed E-state index contributed by atoms with van der Waals surface area (Å²) in [6.45, 7) is 2.92. The van der Waals surface area contributed by atoms with Gasteiger partial charge in [-0.05, 0) is 43.5 Å². The molecule has 0 N–H and O–H groups in total. The van der Waals surface area contributed by atoms with Crippen LogP contribution < -0.4 is 0 Å². The molecule has 1 saturated heterocycles. The Morgan fingerprint density at radius 2 is 1.70 bits per heavy atom. The van der Waals surface area contributed by atoms with Crippen molar-refractivity contribution in [3.8, 4) is 0 Å². The second kappa shape index (κ2) is 8.08. The van der Waals surface area contributed by atoms with Crippen molar-refractivity contribution in [2.24, 2.45) is 11.8 Å². The van der Waals surface area contributed by atoms with Crippen LogP contribution in [0.1, 0.15) is 48.5 Å². The maximum Gasteiger partial charge on any atom is 0.327 e. The number of likely N-dealkylation sites (tertiary alicyclic amines) is 1.